The third kappa shape index (κ3) is 6.87. The number of aliphatic hydroxyl groups excluding tert-OH is 2. The van der Waals surface area contributed by atoms with Gasteiger partial charge in [-0.25, -0.2) is 0 Å². The van der Waals surface area contributed by atoms with Crippen LogP contribution in [-0.4, -0.2) is 44.6 Å². The highest BCUT2D eigenvalue weighted by Gasteiger charge is 2.49. The van der Waals surface area contributed by atoms with E-state index in [0.29, 0.717) is 35.9 Å². The molecule has 0 radical (unpaired) electrons. The van der Waals surface area contributed by atoms with Gasteiger partial charge in [0.05, 0.1) is 18.5 Å². The molecule has 0 saturated heterocycles. The zero-order valence-electron chi connectivity index (χ0n) is 17.5. The fraction of sp³-hybridized carbons (Fsp3) is 0.864. The maximum atomic E-state index is 12.1. The first-order valence-electron chi connectivity index (χ1n) is 11.0. The molecule has 0 aromatic rings. The average Bonchev–Trinajstić information content (AvgIpc) is 3.15. The van der Waals surface area contributed by atoms with Crippen LogP contribution in [-0.2, 0) is 20.3 Å². The molecule has 2 aliphatic rings. The lowest BCUT2D eigenvalue weighted by Gasteiger charge is -2.21. The van der Waals surface area contributed by atoms with Crippen molar-refractivity contribution in [2.24, 2.45) is 23.7 Å². The van der Waals surface area contributed by atoms with Crippen molar-refractivity contribution >= 4 is 16.8 Å². The van der Waals surface area contributed by atoms with Crippen LogP contribution >= 0.6 is 0 Å². The van der Waals surface area contributed by atoms with Crippen LogP contribution in [0.2, 0.25) is 0 Å². The van der Waals surface area contributed by atoms with Gasteiger partial charge in [-0.15, -0.1) is 0 Å². The number of carbonyl (C=O) groups is 1. The van der Waals surface area contributed by atoms with E-state index in [1.807, 2.05) is 6.08 Å². The lowest BCUT2D eigenvalue weighted by molar-refractivity contribution is -0.139. The predicted molar refractivity (Wildman–Crippen MR) is 112 cm³/mol. The first-order valence-corrected chi connectivity index (χ1v) is 12.5. The Morgan fingerprint density at radius 3 is 2.68 bits per heavy atom. The molecule has 5 nitrogen and oxygen atoms in total. The molecule has 0 amide bonds. The summed E-state index contributed by atoms with van der Waals surface area (Å²) in [6.45, 7) is 4.25. The van der Waals surface area contributed by atoms with Gasteiger partial charge < -0.3 is 14.9 Å². The molecule has 0 aliphatic heterocycles. The van der Waals surface area contributed by atoms with Crippen molar-refractivity contribution in [3.05, 3.63) is 11.8 Å². The summed E-state index contributed by atoms with van der Waals surface area (Å²) in [7, 11) is -1.17. The second-order valence-electron chi connectivity index (χ2n) is 8.45. The molecule has 0 heterocycles. The topological polar surface area (TPSA) is 83.8 Å². The van der Waals surface area contributed by atoms with Gasteiger partial charge >= 0.3 is 5.97 Å². The Bertz CT molecular complexity index is 547. The maximum absolute atomic E-state index is 12.1. The van der Waals surface area contributed by atoms with Gasteiger partial charge in [0, 0.05) is 22.5 Å². The Balaban J connectivity index is 1.79. The largest absolute Gasteiger partial charge is 0.512 e. The number of carbonyl (C=O) groups excluding carboxylic acids is 1. The van der Waals surface area contributed by atoms with E-state index in [1.165, 1.54) is 19.3 Å². The summed E-state index contributed by atoms with van der Waals surface area (Å²) in [5, 5.41) is 21.0. The molecule has 2 saturated carbocycles. The van der Waals surface area contributed by atoms with Gasteiger partial charge in [0.1, 0.15) is 5.75 Å². The second-order valence-corrected chi connectivity index (χ2v) is 10.0. The molecule has 162 valence electrons. The van der Waals surface area contributed by atoms with Crippen LogP contribution < -0.4 is 0 Å². The van der Waals surface area contributed by atoms with Crippen molar-refractivity contribution in [3.63, 3.8) is 0 Å². The normalized spacial score (nSPS) is 31.0. The fourth-order valence-corrected chi connectivity index (χ4v) is 6.13. The molecule has 28 heavy (non-hydrogen) atoms. The zero-order chi connectivity index (χ0) is 20.5. The third-order valence-electron chi connectivity index (χ3n) is 6.36. The van der Waals surface area contributed by atoms with Gasteiger partial charge in [-0.1, -0.05) is 26.2 Å². The van der Waals surface area contributed by atoms with Crippen LogP contribution in [0.25, 0.3) is 0 Å². The van der Waals surface area contributed by atoms with E-state index in [1.54, 1.807) is 6.92 Å². The van der Waals surface area contributed by atoms with E-state index in [0.717, 1.165) is 38.5 Å². The monoisotopic (exact) mass is 414 g/mol. The summed E-state index contributed by atoms with van der Waals surface area (Å²) >= 11 is 0. The molecule has 2 aliphatic carbocycles. The van der Waals surface area contributed by atoms with Crippen LogP contribution in [0.1, 0.15) is 71.6 Å². The minimum atomic E-state index is -1.17. The van der Waals surface area contributed by atoms with Crippen LogP contribution in [0.4, 0.5) is 0 Å². The van der Waals surface area contributed by atoms with E-state index >= 15 is 0 Å². The molecular formula is C22H38O5S. The number of hydrogen-bond donors (Lipinski definition) is 2. The number of ether oxygens (including phenoxy) is 1. The molecule has 0 aromatic heterocycles. The number of allylic oxidation sites excluding steroid dienone is 1. The molecule has 2 N–H and O–H groups in total. The molecular weight excluding hydrogens is 376 g/mol. The van der Waals surface area contributed by atoms with E-state index in [4.69, 9.17) is 4.74 Å². The number of fused-ring (bicyclic) bond motifs is 1. The highest BCUT2D eigenvalue weighted by atomic mass is 32.2. The van der Waals surface area contributed by atoms with Crippen LogP contribution in [0.5, 0.6) is 0 Å². The summed E-state index contributed by atoms with van der Waals surface area (Å²) in [6.07, 6.45) is 10.6. The smallest absolute Gasteiger partial charge is 0.318 e. The SMILES string of the molecule is CCCCCCC=C(O)[C@@H]1[C@@H]2C[C@H](CCS(=O)CC(=O)OCC)C[C@@H]2C[C@H]1O. The Hall–Kier alpha value is -0.880. The Labute approximate surface area is 172 Å². The number of esters is 1. The molecule has 2 rings (SSSR count). The standard InChI is InChI=1S/C22H38O5S/c1-3-5-6-7-8-9-19(23)22-18-13-16(12-17(18)14-20(22)24)10-11-28(26)15-21(25)27-4-2/h9,16-18,20,22-24H,3-8,10-15H2,1-2H3/t16-,17-,18-,20-,22+,28?/m1/s1. The van der Waals surface area contributed by atoms with E-state index < -0.39 is 16.9 Å². The molecule has 6 atom stereocenters. The van der Waals surface area contributed by atoms with Gasteiger partial charge in [0.2, 0.25) is 0 Å². The molecule has 0 spiro atoms. The maximum Gasteiger partial charge on any atom is 0.318 e. The summed E-state index contributed by atoms with van der Waals surface area (Å²) in [5.74, 6) is 1.60. The van der Waals surface area contributed by atoms with Crippen molar-refractivity contribution in [2.75, 3.05) is 18.1 Å². The van der Waals surface area contributed by atoms with Crippen molar-refractivity contribution < 1.29 is 24.0 Å². The van der Waals surface area contributed by atoms with Gasteiger partial charge in [0.15, 0.2) is 0 Å². The first kappa shape index (κ1) is 23.4. The van der Waals surface area contributed by atoms with Gasteiger partial charge in [0.25, 0.3) is 0 Å². The molecule has 2 fully saturated rings. The van der Waals surface area contributed by atoms with Crippen molar-refractivity contribution in [1.82, 2.24) is 0 Å². The summed E-state index contributed by atoms with van der Waals surface area (Å²) in [6, 6.07) is 0. The van der Waals surface area contributed by atoms with E-state index in [9.17, 15) is 19.2 Å². The second kappa shape index (κ2) is 12.0. The molecule has 0 aromatic carbocycles. The van der Waals surface area contributed by atoms with Crippen LogP contribution in [0.15, 0.2) is 11.8 Å². The van der Waals surface area contributed by atoms with E-state index in [2.05, 4.69) is 6.92 Å². The van der Waals surface area contributed by atoms with Crippen molar-refractivity contribution in [3.8, 4) is 0 Å². The van der Waals surface area contributed by atoms with Gasteiger partial charge in [-0.2, -0.15) is 0 Å². The summed E-state index contributed by atoms with van der Waals surface area (Å²) < 4.78 is 16.9. The number of aliphatic hydroxyl groups is 2. The lowest BCUT2D eigenvalue weighted by atomic mass is 9.88. The highest BCUT2D eigenvalue weighted by Crippen LogP contribution is 2.52. The first-order chi connectivity index (χ1) is 13.5. The summed E-state index contributed by atoms with van der Waals surface area (Å²) in [4.78, 5) is 11.4. The minimum absolute atomic E-state index is 0.0175. The van der Waals surface area contributed by atoms with E-state index in [-0.39, 0.29) is 17.6 Å². The summed E-state index contributed by atoms with van der Waals surface area (Å²) in [5.41, 5.74) is 0. The predicted octanol–water partition coefficient (Wildman–Crippen LogP) is 4.12. The molecule has 6 heteroatoms. The molecule has 1 unspecified atom stereocenters. The zero-order valence-corrected chi connectivity index (χ0v) is 18.3. The van der Waals surface area contributed by atoms with Crippen molar-refractivity contribution in [1.29, 1.82) is 0 Å². The number of unbranched alkanes of at least 4 members (excludes halogenated alkanes) is 4. The minimum Gasteiger partial charge on any atom is -0.512 e. The molecule has 0 bridgehead atoms. The number of hydrogen-bond acceptors (Lipinski definition) is 5. The van der Waals surface area contributed by atoms with Gasteiger partial charge in [-0.05, 0) is 69.3 Å². The number of rotatable bonds is 12. The average molecular weight is 415 g/mol. The Kier molecular flexibility index (Phi) is 10.00. The van der Waals surface area contributed by atoms with Gasteiger partial charge in [-0.3, -0.25) is 9.00 Å². The van der Waals surface area contributed by atoms with Crippen molar-refractivity contribution in [2.45, 2.75) is 77.7 Å². The quantitative estimate of drug-likeness (QED) is 0.285. The third-order valence-corrected chi connectivity index (χ3v) is 7.61. The lowest BCUT2D eigenvalue weighted by Crippen LogP contribution is -2.22. The van der Waals surface area contributed by atoms with Crippen LogP contribution in [0.3, 0.4) is 0 Å². The Morgan fingerprint density at radius 1 is 1.18 bits per heavy atom. The Morgan fingerprint density at radius 2 is 1.96 bits per heavy atom. The fourth-order valence-electron chi connectivity index (χ4n) is 5.04. The highest BCUT2D eigenvalue weighted by molar-refractivity contribution is 7.85. The van der Waals surface area contributed by atoms with Crippen LogP contribution in [0, 0.1) is 23.7 Å².